The summed E-state index contributed by atoms with van der Waals surface area (Å²) in [5, 5.41) is 4.25. The van der Waals surface area contributed by atoms with E-state index in [0.717, 1.165) is 23.9 Å². The van der Waals surface area contributed by atoms with Gasteiger partial charge in [-0.3, -0.25) is 9.48 Å². The van der Waals surface area contributed by atoms with Crippen LogP contribution in [0.25, 0.3) is 0 Å². The van der Waals surface area contributed by atoms with Crippen LogP contribution >= 0.6 is 0 Å². The third kappa shape index (κ3) is 4.06. The van der Waals surface area contributed by atoms with Crippen LogP contribution in [-0.2, 0) is 34.7 Å². The SMILES string of the molecule is CCN(CCc1ccccc1)C(=O)C1c2cnn(C)c2CCN1S(C)(=O)=O. The van der Waals surface area contributed by atoms with Gasteiger partial charge in [0.05, 0.1) is 12.5 Å². The topological polar surface area (TPSA) is 75.5 Å². The molecule has 0 radical (unpaired) electrons. The number of nitrogens with zero attached hydrogens (tertiary/aromatic N) is 4. The predicted octanol–water partition coefficient (Wildman–Crippen LogP) is 1.37. The molecule has 0 saturated carbocycles. The highest BCUT2D eigenvalue weighted by atomic mass is 32.2. The Kier molecular flexibility index (Phi) is 5.67. The maximum atomic E-state index is 13.4. The summed E-state index contributed by atoms with van der Waals surface area (Å²) in [4.78, 5) is 15.1. The lowest BCUT2D eigenvalue weighted by Gasteiger charge is -2.36. The highest BCUT2D eigenvalue weighted by Gasteiger charge is 2.41. The zero-order valence-electron chi connectivity index (χ0n) is 16.0. The van der Waals surface area contributed by atoms with E-state index in [1.165, 1.54) is 4.31 Å². The van der Waals surface area contributed by atoms with Gasteiger partial charge in [-0.2, -0.15) is 9.40 Å². The van der Waals surface area contributed by atoms with Gasteiger partial charge in [0.15, 0.2) is 0 Å². The van der Waals surface area contributed by atoms with E-state index in [9.17, 15) is 13.2 Å². The second-order valence-electron chi connectivity index (χ2n) is 6.85. The number of amides is 1. The van der Waals surface area contributed by atoms with Gasteiger partial charge in [0, 0.05) is 44.4 Å². The van der Waals surface area contributed by atoms with Crippen molar-refractivity contribution in [2.24, 2.45) is 7.05 Å². The maximum Gasteiger partial charge on any atom is 0.245 e. The van der Waals surface area contributed by atoms with Crippen LogP contribution in [0.5, 0.6) is 0 Å². The standard InChI is InChI=1S/C19H26N4O3S/c1-4-22(12-10-15-8-6-5-7-9-15)19(24)18-16-14-20-21(2)17(16)11-13-23(18)27(3,25)26/h5-9,14,18H,4,10-13H2,1-3H3. The van der Waals surface area contributed by atoms with Crippen LogP contribution in [0.2, 0.25) is 0 Å². The smallest absolute Gasteiger partial charge is 0.245 e. The number of likely N-dealkylation sites (N-methyl/N-ethyl adjacent to an activating group) is 1. The molecule has 27 heavy (non-hydrogen) atoms. The first-order chi connectivity index (χ1) is 12.8. The number of rotatable bonds is 6. The molecule has 8 heteroatoms. The Balaban J connectivity index is 1.88. The van der Waals surface area contributed by atoms with Crippen LogP contribution in [0.15, 0.2) is 36.5 Å². The van der Waals surface area contributed by atoms with E-state index in [2.05, 4.69) is 5.10 Å². The van der Waals surface area contributed by atoms with Gasteiger partial charge < -0.3 is 4.90 Å². The molecular formula is C19H26N4O3S. The zero-order valence-corrected chi connectivity index (χ0v) is 16.8. The minimum Gasteiger partial charge on any atom is -0.341 e. The van der Waals surface area contributed by atoms with E-state index < -0.39 is 16.1 Å². The quantitative estimate of drug-likeness (QED) is 0.747. The number of hydrogen-bond donors (Lipinski definition) is 0. The van der Waals surface area contributed by atoms with Crippen molar-refractivity contribution in [3.63, 3.8) is 0 Å². The molecule has 3 rings (SSSR count). The first-order valence-electron chi connectivity index (χ1n) is 9.13. The van der Waals surface area contributed by atoms with Crippen LogP contribution < -0.4 is 0 Å². The normalized spacial score (nSPS) is 17.5. The van der Waals surface area contributed by atoms with Gasteiger partial charge in [0.25, 0.3) is 0 Å². The summed E-state index contributed by atoms with van der Waals surface area (Å²) in [5.41, 5.74) is 2.76. The van der Waals surface area contributed by atoms with Crippen molar-refractivity contribution in [2.75, 3.05) is 25.9 Å². The largest absolute Gasteiger partial charge is 0.341 e. The van der Waals surface area contributed by atoms with E-state index >= 15 is 0 Å². The fraction of sp³-hybridized carbons (Fsp3) is 0.474. The summed E-state index contributed by atoms with van der Waals surface area (Å²) in [6.07, 6.45) is 4.07. The van der Waals surface area contributed by atoms with Gasteiger partial charge in [-0.05, 0) is 18.9 Å². The molecular weight excluding hydrogens is 364 g/mol. The molecule has 0 aliphatic carbocycles. The van der Waals surface area contributed by atoms with Crippen molar-refractivity contribution in [1.29, 1.82) is 0 Å². The number of sulfonamides is 1. The minimum absolute atomic E-state index is 0.187. The summed E-state index contributed by atoms with van der Waals surface area (Å²) >= 11 is 0. The van der Waals surface area contributed by atoms with Gasteiger partial charge in [0.1, 0.15) is 6.04 Å². The number of benzene rings is 1. The number of aromatic nitrogens is 2. The number of carbonyl (C=O) groups excluding carboxylic acids is 1. The van der Waals surface area contributed by atoms with E-state index in [1.54, 1.807) is 15.8 Å². The summed E-state index contributed by atoms with van der Waals surface area (Å²) in [5.74, 6) is -0.187. The Morgan fingerprint density at radius 2 is 2.00 bits per heavy atom. The van der Waals surface area contributed by atoms with Crippen molar-refractivity contribution < 1.29 is 13.2 Å². The van der Waals surface area contributed by atoms with E-state index in [4.69, 9.17) is 0 Å². The van der Waals surface area contributed by atoms with Crippen molar-refractivity contribution in [2.45, 2.75) is 25.8 Å². The third-order valence-electron chi connectivity index (χ3n) is 5.11. The summed E-state index contributed by atoms with van der Waals surface area (Å²) in [6.45, 7) is 3.27. The second-order valence-corrected chi connectivity index (χ2v) is 8.79. The van der Waals surface area contributed by atoms with Crippen LogP contribution in [-0.4, -0.2) is 59.2 Å². The summed E-state index contributed by atoms with van der Waals surface area (Å²) < 4.78 is 27.7. The van der Waals surface area contributed by atoms with E-state index in [0.29, 0.717) is 25.1 Å². The molecule has 1 aromatic heterocycles. The number of fused-ring (bicyclic) bond motifs is 1. The molecule has 1 aromatic carbocycles. The van der Waals surface area contributed by atoms with Gasteiger partial charge >= 0.3 is 0 Å². The molecule has 0 bridgehead atoms. The van der Waals surface area contributed by atoms with E-state index in [-0.39, 0.29) is 12.5 Å². The van der Waals surface area contributed by atoms with E-state index in [1.807, 2.05) is 44.3 Å². The molecule has 1 amide bonds. The van der Waals surface area contributed by atoms with Crippen molar-refractivity contribution in [1.82, 2.24) is 19.0 Å². The van der Waals surface area contributed by atoms with Gasteiger partial charge in [0.2, 0.25) is 15.9 Å². The molecule has 1 aliphatic heterocycles. The fourth-order valence-corrected chi connectivity index (χ4v) is 4.64. The summed E-state index contributed by atoms with van der Waals surface area (Å²) in [6, 6.07) is 9.13. The third-order valence-corrected chi connectivity index (χ3v) is 6.36. The Morgan fingerprint density at radius 3 is 2.63 bits per heavy atom. The fourth-order valence-electron chi connectivity index (χ4n) is 3.63. The van der Waals surface area contributed by atoms with Gasteiger partial charge in [-0.1, -0.05) is 30.3 Å². The molecule has 1 atom stereocenters. The monoisotopic (exact) mass is 390 g/mol. The van der Waals surface area contributed by atoms with Crippen molar-refractivity contribution in [3.8, 4) is 0 Å². The molecule has 0 N–H and O–H groups in total. The Morgan fingerprint density at radius 1 is 1.30 bits per heavy atom. The average Bonchev–Trinajstić information content (AvgIpc) is 3.02. The highest BCUT2D eigenvalue weighted by Crippen LogP contribution is 2.32. The molecule has 146 valence electrons. The van der Waals surface area contributed by atoms with Gasteiger partial charge in [-0.25, -0.2) is 8.42 Å². The molecule has 2 aromatic rings. The Labute approximate surface area is 160 Å². The molecule has 0 fully saturated rings. The molecule has 1 unspecified atom stereocenters. The first-order valence-corrected chi connectivity index (χ1v) is 11.0. The number of carbonyl (C=O) groups is 1. The number of hydrogen-bond acceptors (Lipinski definition) is 4. The maximum absolute atomic E-state index is 13.4. The molecule has 2 heterocycles. The Hall–Kier alpha value is -2.19. The molecule has 0 spiro atoms. The minimum atomic E-state index is -3.51. The first kappa shape index (κ1) is 19.6. The summed E-state index contributed by atoms with van der Waals surface area (Å²) in [7, 11) is -1.69. The second kappa shape index (κ2) is 7.82. The predicted molar refractivity (Wildman–Crippen MR) is 104 cm³/mol. The van der Waals surface area contributed by atoms with Crippen LogP contribution in [0.1, 0.15) is 29.8 Å². The number of aryl methyl sites for hydroxylation is 1. The zero-order chi connectivity index (χ0) is 19.6. The highest BCUT2D eigenvalue weighted by molar-refractivity contribution is 7.88. The molecule has 7 nitrogen and oxygen atoms in total. The van der Waals surface area contributed by atoms with Crippen molar-refractivity contribution >= 4 is 15.9 Å². The van der Waals surface area contributed by atoms with Crippen LogP contribution in [0.4, 0.5) is 0 Å². The lowest BCUT2D eigenvalue weighted by atomic mass is 10.00. The van der Waals surface area contributed by atoms with Crippen molar-refractivity contribution in [3.05, 3.63) is 53.3 Å². The lowest BCUT2D eigenvalue weighted by Crippen LogP contribution is -2.48. The molecule has 0 saturated heterocycles. The van der Waals surface area contributed by atoms with Crippen LogP contribution in [0.3, 0.4) is 0 Å². The average molecular weight is 391 g/mol. The van der Waals surface area contributed by atoms with Crippen LogP contribution in [0, 0.1) is 0 Å². The van der Waals surface area contributed by atoms with Gasteiger partial charge in [-0.15, -0.1) is 0 Å². The molecule has 1 aliphatic rings. The lowest BCUT2D eigenvalue weighted by molar-refractivity contribution is -0.135. The Bertz CT molecular complexity index is 908.